The van der Waals surface area contributed by atoms with Gasteiger partial charge in [-0.05, 0) is 12.1 Å². The van der Waals surface area contributed by atoms with Gasteiger partial charge >= 0.3 is 5.97 Å². The molecular formula is C9H11NO5S. The standard InChI is InChI=1S/C9H11NO5S/c1-16(13,14)10-7-3-2-4-8(5-7)15-6-9(11)12/h2-5,10H,6H2,1H3,(H,11,12). The number of ether oxygens (including phenoxy) is 1. The van der Waals surface area contributed by atoms with Crippen LogP contribution in [-0.4, -0.2) is 32.4 Å². The van der Waals surface area contributed by atoms with Crippen LogP contribution in [0.15, 0.2) is 24.3 Å². The number of hydrogen-bond donors (Lipinski definition) is 2. The van der Waals surface area contributed by atoms with Crippen LogP contribution in [0.2, 0.25) is 0 Å². The zero-order valence-electron chi connectivity index (χ0n) is 8.50. The number of anilines is 1. The van der Waals surface area contributed by atoms with Crippen molar-refractivity contribution < 1.29 is 23.1 Å². The van der Waals surface area contributed by atoms with E-state index in [0.717, 1.165) is 6.26 Å². The summed E-state index contributed by atoms with van der Waals surface area (Å²) >= 11 is 0. The van der Waals surface area contributed by atoms with Gasteiger partial charge < -0.3 is 9.84 Å². The zero-order chi connectivity index (χ0) is 12.2. The van der Waals surface area contributed by atoms with E-state index in [4.69, 9.17) is 9.84 Å². The van der Waals surface area contributed by atoms with Gasteiger partial charge in [0.05, 0.1) is 11.9 Å². The van der Waals surface area contributed by atoms with E-state index < -0.39 is 22.6 Å². The van der Waals surface area contributed by atoms with E-state index in [-0.39, 0.29) is 5.75 Å². The van der Waals surface area contributed by atoms with Gasteiger partial charge in [-0.15, -0.1) is 0 Å². The number of carboxylic acid groups (broad SMARTS) is 1. The molecule has 0 amide bonds. The molecule has 0 fully saturated rings. The molecule has 0 saturated heterocycles. The molecule has 16 heavy (non-hydrogen) atoms. The molecule has 88 valence electrons. The van der Waals surface area contributed by atoms with Crippen LogP contribution in [0.4, 0.5) is 5.69 Å². The average molecular weight is 245 g/mol. The molecule has 1 aromatic carbocycles. The fraction of sp³-hybridized carbons (Fsp3) is 0.222. The van der Waals surface area contributed by atoms with Crippen molar-refractivity contribution in [2.75, 3.05) is 17.6 Å². The monoisotopic (exact) mass is 245 g/mol. The van der Waals surface area contributed by atoms with Crippen molar-refractivity contribution in [2.24, 2.45) is 0 Å². The Labute approximate surface area is 92.9 Å². The summed E-state index contributed by atoms with van der Waals surface area (Å²) in [6.07, 6.45) is 1.03. The fourth-order valence-corrected chi connectivity index (χ4v) is 1.56. The van der Waals surface area contributed by atoms with Crippen LogP contribution in [0.25, 0.3) is 0 Å². The maximum absolute atomic E-state index is 10.9. The normalized spacial score (nSPS) is 10.8. The molecule has 7 heteroatoms. The molecule has 0 aromatic heterocycles. The topological polar surface area (TPSA) is 92.7 Å². The van der Waals surface area contributed by atoms with Crippen molar-refractivity contribution in [1.29, 1.82) is 0 Å². The molecule has 0 aliphatic heterocycles. The molecule has 0 aliphatic carbocycles. The van der Waals surface area contributed by atoms with Gasteiger partial charge in [0.1, 0.15) is 5.75 Å². The van der Waals surface area contributed by atoms with E-state index in [2.05, 4.69) is 4.72 Å². The molecule has 0 radical (unpaired) electrons. The number of carboxylic acids is 1. The lowest BCUT2D eigenvalue weighted by Crippen LogP contribution is -2.11. The number of rotatable bonds is 5. The summed E-state index contributed by atoms with van der Waals surface area (Å²) in [5.74, 6) is -0.808. The number of nitrogens with one attached hydrogen (secondary N) is 1. The highest BCUT2D eigenvalue weighted by molar-refractivity contribution is 7.92. The van der Waals surface area contributed by atoms with Gasteiger partial charge in [0.15, 0.2) is 6.61 Å². The van der Waals surface area contributed by atoms with Gasteiger partial charge in [0, 0.05) is 6.07 Å². The smallest absolute Gasteiger partial charge is 0.341 e. The Morgan fingerprint density at radius 1 is 1.50 bits per heavy atom. The minimum atomic E-state index is -3.35. The molecule has 1 aromatic rings. The molecule has 0 spiro atoms. The minimum absolute atomic E-state index is 0.288. The first-order valence-electron chi connectivity index (χ1n) is 4.29. The SMILES string of the molecule is CS(=O)(=O)Nc1cccc(OCC(=O)O)c1. The number of carbonyl (C=O) groups is 1. The van der Waals surface area contributed by atoms with Gasteiger partial charge in [-0.3, -0.25) is 4.72 Å². The van der Waals surface area contributed by atoms with Crippen LogP contribution in [0.5, 0.6) is 5.75 Å². The number of aliphatic carboxylic acids is 1. The minimum Gasteiger partial charge on any atom is -0.482 e. The molecular weight excluding hydrogens is 234 g/mol. The lowest BCUT2D eigenvalue weighted by atomic mass is 10.3. The Morgan fingerprint density at radius 2 is 2.19 bits per heavy atom. The highest BCUT2D eigenvalue weighted by Crippen LogP contribution is 2.17. The fourth-order valence-electron chi connectivity index (χ4n) is 1.01. The van der Waals surface area contributed by atoms with Gasteiger partial charge in [-0.1, -0.05) is 6.07 Å². The molecule has 6 nitrogen and oxygen atoms in total. The Morgan fingerprint density at radius 3 is 2.75 bits per heavy atom. The van der Waals surface area contributed by atoms with Crippen molar-refractivity contribution in [3.05, 3.63) is 24.3 Å². The van der Waals surface area contributed by atoms with Crippen LogP contribution < -0.4 is 9.46 Å². The third-order valence-electron chi connectivity index (χ3n) is 1.50. The van der Waals surface area contributed by atoms with Crippen LogP contribution in [0, 0.1) is 0 Å². The highest BCUT2D eigenvalue weighted by Gasteiger charge is 2.04. The van der Waals surface area contributed by atoms with Crippen LogP contribution in [0.1, 0.15) is 0 Å². The van der Waals surface area contributed by atoms with Crippen molar-refractivity contribution in [2.45, 2.75) is 0 Å². The van der Waals surface area contributed by atoms with Crippen LogP contribution in [-0.2, 0) is 14.8 Å². The summed E-state index contributed by atoms with van der Waals surface area (Å²) in [4.78, 5) is 10.2. The first-order valence-corrected chi connectivity index (χ1v) is 6.18. The van der Waals surface area contributed by atoms with Gasteiger partial charge in [0.2, 0.25) is 10.0 Å². The second kappa shape index (κ2) is 4.84. The predicted molar refractivity (Wildman–Crippen MR) is 58.0 cm³/mol. The van der Waals surface area contributed by atoms with Gasteiger partial charge in [-0.2, -0.15) is 0 Å². The summed E-state index contributed by atoms with van der Waals surface area (Å²) < 4.78 is 29.0. The van der Waals surface area contributed by atoms with Crippen molar-refractivity contribution in [3.8, 4) is 5.75 Å². The Kier molecular flexibility index (Phi) is 3.73. The van der Waals surface area contributed by atoms with Crippen molar-refractivity contribution in [1.82, 2.24) is 0 Å². The van der Waals surface area contributed by atoms with Gasteiger partial charge in [0.25, 0.3) is 0 Å². The predicted octanol–water partition coefficient (Wildman–Crippen LogP) is 0.521. The zero-order valence-corrected chi connectivity index (χ0v) is 9.32. The quantitative estimate of drug-likeness (QED) is 0.789. The number of sulfonamides is 1. The van der Waals surface area contributed by atoms with E-state index in [1.165, 1.54) is 18.2 Å². The van der Waals surface area contributed by atoms with E-state index in [9.17, 15) is 13.2 Å². The summed E-state index contributed by atoms with van der Waals surface area (Å²) in [5, 5.41) is 8.39. The van der Waals surface area contributed by atoms with Gasteiger partial charge in [-0.25, -0.2) is 13.2 Å². The Hall–Kier alpha value is -1.76. The molecule has 0 aliphatic rings. The lowest BCUT2D eigenvalue weighted by Gasteiger charge is -2.06. The maximum atomic E-state index is 10.9. The maximum Gasteiger partial charge on any atom is 0.341 e. The third-order valence-corrected chi connectivity index (χ3v) is 2.11. The first-order chi connectivity index (χ1) is 7.37. The summed E-state index contributed by atoms with van der Waals surface area (Å²) in [7, 11) is -3.35. The highest BCUT2D eigenvalue weighted by atomic mass is 32.2. The first kappa shape index (κ1) is 12.3. The second-order valence-electron chi connectivity index (χ2n) is 3.08. The molecule has 0 heterocycles. The van der Waals surface area contributed by atoms with Crippen molar-refractivity contribution in [3.63, 3.8) is 0 Å². The number of hydrogen-bond acceptors (Lipinski definition) is 4. The Bertz CT molecular complexity index is 482. The van der Waals surface area contributed by atoms with Crippen molar-refractivity contribution >= 4 is 21.7 Å². The summed E-state index contributed by atoms with van der Waals surface area (Å²) in [6, 6.07) is 6.04. The largest absolute Gasteiger partial charge is 0.482 e. The molecule has 2 N–H and O–H groups in total. The Balaban J connectivity index is 2.75. The molecule has 0 saturated carbocycles. The van der Waals surface area contributed by atoms with E-state index >= 15 is 0 Å². The number of benzene rings is 1. The van der Waals surface area contributed by atoms with Crippen LogP contribution in [0.3, 0.4) is 0 Å². The molecule has 0 bridgehead atoms. The van der Waals surface area contributed by atoms with E-state index in [1.807, 2.05) is 0 Å². The lowest BCUT2D eigenvalue weighted by molar-refractivity contribution is -0.139. The molecule has 0 unspecified atom stereocenters. The average Bonchev–Trinajstić information content (AvgIpc) is 2.12. The van der Waals surface area contributed by atoms with Crippen LogP contribution >= 0.6 is 0 Å². The molecule has 0 atom stereocenters. The summed E-state index contributed by atoms with van der Waals surface area (Å²) in [6.45, 7) is -0.470. The third kappa shape index (κ3) is 4.65. The summed E-state index contributed by atoms with van der Waals surface area (Å²) in [5.41, 5.74) is 0.324. The van der Waals surface area contributed by atoms with E-state index in [0.29, 0.717) is 5.69 Å². The second-order valence-corrected chi connectivity index (χ2v) is 4.83. The molecule has 1 rings (SSSR count). The van der Waals surface area contributed by atoms with E-state index in [1.54, 1.807) is 6.07 Å².